The molecule has 0 spiro atoms. The van der Waals surface area contributed by atoms with E-state index in [9.17, 15) is 9.59 Å². The Morgan fingerprint density at radius 1 is 1.07 bits per heavy atom. The first-order chi connectivity index (χ1) is 13.9. The Hall–Kier alpha value is -1.46. The fourth-order valence-electron chi connectivity index (χ4n) is 4.24. The van der Waals surface area contributed by atoms with Crippen molar-refractivity contribution < 1.29 is 9.59 Å². The monoisotopic (exact) mass is 439 g/mol. The van der Waals surface area contributed by atoms with E-state index in [1.807, 2.05) is 9.80 Å². The van der Waals surface area contributed by atoms with Crippen LogP contribution in [0.25, 0.3) is 0 Å². The molecule has 1 heterocycles. The molecule has 3 amide bonds. The predicted molar refractivity (Wildman–Crippen MR) is 119 cm³/mol. The second kappa shape index (κ2) is 10.5. The van der Waals surface area contributed by atoms with Crippen molar-refractivity contribution >= 4 is 40.8 Å². The fraction of sp³-hybridized carbons (Fsp3) is 0.636. The van der Waals surface area contributed by atoms with Crippen molar-refractivity contribution in [2.45, 2.75) is 64.3 Å². The Bertz CT molecular complexity index is 714. The Morgan fingerprint density at radius 2 is 1.76 bits per heavy atom. The van der Waals surface area contributed by atoms with Gasteiger partial charge in [0.15, 0.2) is 0 Å². The van der Waals surface area contributed by atoms with Crippen molar-refractivity contribution in [3.63, 3.8) is 0 Å². The maximum Gasteiger partial charge on any atom is 0.322 e. The van der Waals surface area contributed by atoms with Crippen molar-refractivity contribution in [1.82, 2.24) is 9.80 Å². The molecular weight excluding hydrogens is 409 g/mol. The van der Waals surface area contributed by atoms with Crippen molar-refractivity contribution in [1.29, 1.82) is 0 Å². The van der Waals surface area contributed by atoms with Crippen LogP contribution in [0.1, 0.15) is 58.3 Å². The Labute approximate surface area is 183 Å². The third kappa shape index (κ3) is 6.26. The topological polar surface area (TPSA) is 52.7 Å². The van der Waals surface area contributed by atoms with Crippen LogP contribution in [0.2, 0.25) is 10.0 Å². The summed E-state index contributed by atoms with van der Waals surface area (Å²) in [4.78, 5) is 29.6. The molecule has 1 aliphatic carbocycles. The molecule has 7 heteroatoms. The maximum atomic E-state index is 13.1. The maximum absolute atomic E-state index is 13.1. The summed E-state index contributed by atoms with van der Waals surface area (Å²) in [5.41, 5.74) is 0.613. The minimum Gasteiger partial charge on any atom is -0.343 e. The molecule has 0 bridgehead atoms. The standard InChI is InChI=1S/C22H31Cl2N3O2/c1-16-9-12-26(13-10-16)21(28)11-14-27(18-5-3-2-4-6-18)22(29)25-17-7-8-19(23)20(24)15-17/h7-8,15-16,18H,2-6,9-14H2,1H3,(H,25,29). The van der Waals surface area contributed by atoms with Gasteiger partial charge in [-0.1, -0.05) is 49.4 Å². The van der Waals surface area contributed by atoms with Crippen LogP contribution in [-0.2, 0) is 4.79 Å². The van der Waals surface area contributed by atoms with Crippen LogP contribution in [0.5, 0.6) is 0 Å². The van der Waals surface area contributed by atoms with Gasteiger partial charge < -0.3 is 15.1 Å². The highest BCUT2D eigenvalue weighted by Crippen LogP contribution is 2.27. The number of rotatable bonds is 5. The highest BCUT2D eigenvalue weighted by molar-refractivity contribution is 6.42. The summed E-state index contributed by atoms with van der Waals surface area (Å²) in [6.07, 6.45) is 7.95. The number of nitrogens with zero attached hydrogens (tertiary/aromatic N) is 2. The molecule has 1 N–H and O–H groups in total. The van der Waals surface area contributed by atoms with Crippen LogP contribution in [0.15, 0.2) is 18.2 Å². The molecule has 2 fully saturated rings. The van der Waals surface area contributed by atoms with E-state index in [0.717, 1.165) is 51.6 Å². The van der Waals surface area contributed by atoms with Crippen LogP contribution in [-0.4, -0.2) is 47.4 Å². The SMILES string of the molecule is CC1CCN(C(=O)CCN(C(=O)Nc2ccc(Cl)c(Cl)c2)C2CCCCC2)CC1. The zero-order chi connectivity index (χ0) is 20.8. The predicted octanol–water partition coefficient (Wildman–Crippen LogP) is 5.81. The van der Waals surface area contributed by atoms with Gasteiger partial charge in [0.1, 0.15) is 0 Å². The van der Waals surface area contributed by atoms with E-state index in [1.165, 1.54) is 6.42 Å². The summed E-state index contributed by atoms with van der Waals surface area (Å²) >= 11 is 12.0. The Kier molecular flexibility index (Phi) is 8.07. The average Bonchev–Trinajstić information content (AvgIpc) is 2.72. The highest BCUT2D eigenvalue weighted by Gasteiger charge is 2.27. The number of halogens is 2. The van der Waals surface area contributed by atoms with Crippen LogP contribution in [0.4, 0.5) is 10.5 Å². The Morgan fingerprint density at radius 3 is 2.41 bits per heavy atom. The zero-order valence-corrected chi connectivity index (χ0v) is 18.6. The molecule has 0 aromatic heterocycles. The summed E-state index contributed by atoms with van der Waals surface area (Å²) in [7, 11) is 0. The number of nitrogens with one attached hydrogen (secondary N) is 1. The molecular formula is C22H31Cl2N3O2. The lowest BCUT2D eigenvalue weighted by molar-refractivity contribution is -0.132. The van der Waals surface area contributed by atoms with Crippen LogP contribution < -0.4 is 5.32 Å². The van der Waals surface area contributed by atoms with Gasteiger partial charge in [-0.15, -0.1) is 0 Å². The molecule has 1 aromatic rings. The first-order valence-corrected chi connectivity index (χ1v) is 11.5. The molecule has 5 nitrogen and oxygen atoms in total. The molecule has 160 valence electrons. The number of likely N-dealkylation sites (tertiary alicyclic amines) is 1. The zero-order valence-electron chi connectivity index (χ0n) is 17.1. The minimum absolute atomic E-state index is 0.153. The molecule has 3 rings (SSSR count). The van der Waals surface area contributed by atoms with Crippen molar-refractivity contribution in [2.24, 2.45) is 5.92 Å². The number of urea groups is 1. The minimum atomic E-state index is -0.171. The van der Waals surface area contributed by atoms with E-state index < -0.39 is 0 Å². The van der Waals surface area contributed by atoms with Gasteiger partial charge in [0.2, 0.25) is 5.91 Å². The lowest BCUT2D eigenvalue weighted by Gasteiger charge is -2.35. The summed E-state index contributed by atoms with van der Waals surface area (Å²) < 4.78 is 0. The fourth-order valence-corrected chi connectivity index (χ4v) is 4.54. The van der Waals surface area contributed by atoms with Gasteiger partial charge in [-0.3, -0.25) is 4.79 Å². The molecule has 29 heavy (non-hydrogen) atoms. The number of hydrogen-bond acceptors (Lipinski definition) is 2. The number of carbonyl (C=O) groups excluding carboxylic acids is 2. The van der Waals surface area contributed by atoms with E-state index in [4.69, 9.17) is 23.2 Å². The molecule has 0 atom stereocenters. The smallest absolute Gasteiger partial charge is 0.322 e. The first-order valence-electron chi connectivity index (χ1n) is 10.7. The van der Waals surface area contributed by atoms with Gasteiger partial charge >= 0.3 is 6.03 Å². The number of benzene rings is 1. The normalized spacial score (nSPS) is 18.5. The van der Waals surface area contributed by atoms with Gasteiger partial charge in [-0.2, -0.15) is 0 Å². The summed E-state index contributed by atoms with van der Waals surface area (Å²) in [5.74, 6) is 0.842. The molecule has 2 aliphatic rings. The second-order valence-electron chi connectivity index (χ2n) is 8.36. The average molecular weight is 440 g/mol. The third-order valence-corrected chi connectivity index (χ3v) is 6.89. The van der Waals surface area contributed by atoms with Gasteiger partial charge in [-0.25, -0.2) is 4.79 Å². The first kappa shape index (κ1) is 22.2. The lowest BCUT2D eigenvalue weighted by atomic mass is 9.94. The quantitative estimate of drug-likeness (QED) is 0.628. The summed E-state index contributed by atoms with van der Waals surface area (Å²) in [5, 5.41) is 3.80. The molecule has 0 unspecified atom stereocenters. The van der Waals surface area contributed by atoms with Gasteiger partial charge in [0, 0.05) is 37.8 Å². The van der Waals surface area contributed by atoms with Gasteiger partial charge in [0.25, 0.3) is 0 Å². The second-order valence-corrected chi connectivity index (χ2v) is 9.17. The van der Waals surface area contributed by atoms with E-state index in [2.05, 4.69) is 12.2 Å². The van der Waals surface area contributed by atoms with E-state index in [0.29, 0.717) is 34.6 Å². The van der Waals surface area contributed by atoms with Gasteiger partial charge in [0.05, 0.1) is 10.0 Å². The van der Waals surface area contributed by atoms with Crippen LogP contribution in [0, 0.1) is 5.92 Å². The number of piperidine rings is 1. The summed E-state index contributed by atoms with van der Waals surface area (Å²) in [6, 6.07) is 5.08. The molecule has 1 saturated heterocycles. The van der Waals surface area contributed by atoms with Crippen LogP contribution in [0.3, 0.4) is 0 Å². The van der Waals surface area contributed by atoms with E-state index in [1.54, 1.807) is 18.2 Å². The van der Waals surface area contributed by atoms with Crippen molar-refractivity contribution in [3.8, 4) is 0 Å². The van der Waals surface area contributed by atoms with E-state index in [-0.39, 0.29) is 18.0 Å². The number of anilines is 1. The largest absolute Gasteiger partial charge is 0.343 e. The molecule has 0 radical (unpaired) electrons. The molecule has 1 saturated carbocycles. The number of carbonyl (C=O) groups is 2. The van der Waals surface area contributed by atoms with Crippen molar-refractivity contribution in [2.75, 3.05) is 25.0 Å². The highest BCUT2D eigenvalue weighted by atomic mass is 35.5. The molecule has 1 aromatic carbocycles. The van der Waals surface area contributed by atoms with E-state index >= 15 is 0 Å². The molecule has 1 aliphatic heterocycles. The summed E-state index contributed by atoms with van der Waals surface area (Å²) in [6.45, 7) is 4.35. The lowest BCUT2D eigenvalue weighted by Crippen LogP contribution is -2.46. The number of hydrogen-bond donors (Lipinski definition) is 1. The third-order valence-electron chi connectivity index (χ3n) is 6.15. The number of amides is 3. The Balaban J connectivity index is 1.62. The van der Waals surface area contributed by atoms with Crippen molar-refractivity contribution in [3.05, 3.63) is 28.2 Å². The van der Waals surface area contributed by atoms with Gasteiger partial charge in [-0.05, 0) is 49.8 Å². The van der Waals surface area contributed by atoms with Crippen LogP contribution >= 0.6 is 23.2 Å².